The molecule has 0 aliphatic rings. The Morgan fingerprint density at radius 1 is 0.550 bits per heavy atom. The van der Waals surface area contributed by atoms with Crippen LogP contribution in [-0.4, -0.2) is 99.9 Å². The van der Waals surface area contributed by atoms with Crippen molar-refractivity contribution in [1.29, 1.82) is 0 Å². The number of hydrogen-bond donors (Lipinski definition) is 8. The smallest absolute Gasteiger partial charge is 0.0881 e. The van der Waals surface area contributed by atoms with Gasteiger partial charge in [-0.25, -0.2) is 0 Å². The highest BCUT2D eigenvalue weighted by Crippen LogP contribution is 2.03. The molecule has 0 rings (SSSR count). The Morgan fingerprint density at radius 2 is 0.800 bits per heavy atom. The lowest BCUT2D eigenvalue weighted by Crippen LogP contribution is -2.57. The highest BCUT2D eigenvalue weighted by atomic mass is 16.3. The molecule has 0 aromatic rings. The molecule has 0 aromatic carbocycles. The zero-order valence-electron chi connectivity index (χ0n) is 11.5. The van der Waals surface area contributed by atoms with E-state index in [0.29, 0.717) is 19.5 Å². The Hall–Kier alpha value is -0.360. The summed E-state index contributed by atoms with van der Waals surface area (Å²) in [5.74, 6) is 0. The van der Waals surface area contributed by atoms with E-state index < -0.39 is 11.1 Å². The Bertz CT molecular complexity index is 184. The molecule has 0 aliphatic carbocycles. The molecule has 0 spiro atoms. The first-order valence-corrected chi connectivity index (χ1v) is 6.23. The summed E-state index contributed by atoms with van der Waals surface area (Å²) in [6.45, 7) is -1.51. The fourth-order valence-electron chi connectivity index (χ4n) is 1.43. The third kappa shape index (κ3) is 6.39. The molecule has 0 radical (unpaired) electrons. The summed E-state index contributed by atoms with van der Waals surface area (Å²) in [6.07, 6.45) is 0.559. The van der Waals surface area contributed by atoms with Gasteiger partial charge in [0.15, 0.2) is 0 Å². The van der Waals surface area contributed by atoms with Crippen LogP contribution in [0, 0.1) is 0 Å². The molecule has 0 saturated carbocycles. The van der Waals surface area contributed by atoms with Crippen LogP contribution in [0.3, 0.4) is 0 Å². The van der Waals surface area contributed by atoms with Gasteiger partial charge in [0, 0.05) is 0 Å². The summed E-state index contributed by atoms with van der Waals surface area (Å²) >= 11 is 0. The van der Waals surface area contributed by atoms with E-state index in [2.05, 4.69) is 10.6 Å². The summed E-state index contributed by atoms with van der Waals surface area (Å²) in [5, 5.41) is 60.2. The van der Waals surface area contributed by atoms with Crippen LogP contribution in [0.15, 0.2) is 0 Å². The summed E-state index contributed by atoms with van der Waals surface area (Å²) in [5.41, 5.74) is -2.22. The van der Waals surface area contributed by atoms with E-state index in [9.17, 15) is 0 Å². The van der Waals surface area contributed by atoms with Crippen molar-refractivity contribution in [2.24, 2.45) is 0 Å². The van der Waals surface area contributed by atoms with Gasteiger partial charge in [-0.1, -0.05) is 0 Å². The lowest BCUT2D eigenvalue weighted by molar-refractivity contribution is 0.0378. The molecular weight excluding hydrogens is 272 g/mol. The van der Waals surface area contributed by atoms with Crippen LogP contribution in [0.25, 0.3) is 0 Å². The van der Waals surface area contributed by atoms with E-state index in [4.69, 9.17) is 30.6 Å². The van der Waals surface area contributed by atoms with E-state index in [1.807, 2.05) is 0 Å². The van der Waals surface area contributed by atoms with Crippen LogP contribution in [0.1, 0.15) is 6.42 Å². The van der Waals surface area contributed by atoms with Gasteiger partial charge in [0.05, 0.1) is 50.7 Å². The second-order valence-electron chi connectivity index (χ2n) is 4.72. The molecule has 10 N–H and O–H groups in total. The first-order valence-electron chi connectivity index (χ1n) is 6.23. The van der Waals surface area contributed by atoms with Gasteiger partial charge in [-0.3, -0.25) is 0 Å². The van der Waals surface area contributed by atoms with Crippen LogP contribution in [-0.2, 0) is 0 Å². The predicted octanol–water partition coefficient (Wildman–Crippen LogP) is -4.84. The molecule has 0 unspecified atom stereocenters. The number of nitrogens with one attached hydrogen (secondary N) is 2. The average molecular weight is 300 g/mol. The molecular formula is C11H28N2O7. The van der Waals surface area contributed by atoms with E-state index in [0.717, 1.165) is 0 Å². The molecule has 0 saturated heterocycles. The fraction of sp³-hybridized carbons (Fsp3) is 1.00. The Labute approximate surface area is 118 Å². The fourth-order valence-corrected chi connectivity index (χ4v) is 1.43. The SMILES string of the molecule is O.OCC(CO)(CO)NCCCNC(CO)(CO)CO. The number of aliphatic hydroxyl groups excluding tert-OH is 6. The van der Waals surface area contributed by atoms with Gasteiger partial charge >= 0.3 is 0 Å². The molecule has 0 atom stereocenters. The summed E-state index contributed by atoms with van der Waals surface area (Å²) in [4.78, 5) is 0. The first-order chi connectivity index (χ1) is 9.07. The summed E-state index contributed by atoms with van der Waals surface area (Å²) in [6, 6.07) is 0. The van der Waals surface area contributed by atoms with E-state index in [1.54, 1.807) is 0 Å². The quantitative estimate of drug-likeness (QED) is 0.165. The Balaban J connectivity index is 0. The molecule has 0 aliphatic heterocycles. The third-order valence-corrected chi connectivity index (χ3v) is 3.17. The van der Waals surface area contributed by atoms with Gasteiger partial charge in [0.1, 0.15) is 0 Å². The van der Waals surface area contributed by atoms with Crippen molar-refractivity contribution in [2.45, 2.75) is 17.5 Å². The highest BCUT2D eigenvalue weighted by Gasteiger charge is 2.28. The van der Waals surface area contributed by atoms with Crippen LogP contribution in [0.5, 0.6) is 0 Å². The van der Waals surface area contributed by atoms with Gasteiger partial charge in [0.2, 0.25) is 0 Å². The number of aliphatic hydroxyl groups is 6. The first kappa shape index (κ1) is 21.9. The Kier molecular flexibility index (Phi) is 12.4. The normalized spacial score (nSPS) is 12.3. The highest BCUT2D eigenvalue weighted by molar-refractivity contribution is 4.88. The molecule has 0 fully saturated rings. The molecule has 9 nitrogen and oxygen atoms in total. The standard InChI is InChI=1S/C11H26N2O6.H2O/c14-4-10(5-15,6-16)12-2-1-3-13-11(7-17,8-18)9-19;/h12-19H,1-9H2;1H2. The van der Waals surface area contributed by atoms with Crippen LogP contribution in [0.2, 0.25) is 0 Å². The van der Waals surface area contributed by atoms with Crippen LogP contribution < -0.4 is 10.6 Å². The van der Waals surface area contributed by atoms with Crippen molar-refractivity contribution in [2.75, 3.05) is 52.7 Å². The topological polar surface area (TPSA) is 177 Å². The number of rotatable bonds is 12. The molecule has 20 heavy (non-hydrogen) atoms. The zero-order chi connectivity index (χ0) is 14.8. The van der Waals surface area contributed by atoms with E-state index >= 15 is 0 Å². The Morgan fingerprint density at radius 3 is 1.00 bits per heavy atom. The zero-order valence-corrected chi connectivity index (χ0v) is 11.5. The maximum absolute atomic E-state index is 9.08. The maximum Gasteiger partial charge on any atom is 0.0881 e. The molecule has 9 heteroatoms. The second-order valence-corrected chi connectivity index (χ2v) is 4.72. The molecule has 0 heterocycles. The average Bonchev–Trinajstić information content (AvgIpc) is 2.48. The van der Waals surface area contributed by atoms with Crippen molar-refractivity contribution in [1.82, 2.24) is 10.6 Å². The summed E-state index contributed by atoms with van der Waals surface area (Å²) < 4.78 is 0. The van der Waals surface area contributed by atoms with Gasteiger partial charge in [-0.05, 0) is 19.5 Å². The lowest BCUT2D eigenvalue weighted by Gasteiger charge is -2.30. The minimum Gasteiger partial charge on any atom is -0.412 e. The minimum atomic E-state index is -1.11. The molecule has 0 bridgehead atoms. The summed E-state index contributed by atoms with van der Waals surface area (Å²) in [7, 11) is 0. The third-order valence-electron chi connectivity index (χ3n) is 3.17. The minimum absolute atomic E-state index is 0. The second kappa shape index (κ2) is 11.3. The predicted molar refractivity (Wildman–Crippen MR) is 72.2 cm³/mol. The monoisotopic (exact) mass is 300 g/mol. The van der Waals surface area contributed by atoms with E-state index in [-0.39, 0.29) is 45.1 Å². The van der Waals surface area contributed by atoms with Crippen molar-refractivity contribution in [3.63, 3.8) is 0 Å². The van der Waals surface area contributed by atoms with Crippen molar-refractivity contribution < 1.29 is 36.1 Å². The van der Waals surface area contributed by atoms with Gasteiger partial charge in [-0.15, -0.1) is 0 Å². The van der Waals surface area contributed by atoms with Crippen LogP contribution in [0.4, 0.5) is 0 Å². The van der Waals surface area contributed by atoms with Gasteiger partial charge < -0.3 is 46.7 Å². The van der Waals surface area contributed by atoms with Gasteiger partial charge in [-0.2, -0.15) is 0 Å². The molecule has 0 aromatic heterocycles. The van der Waals surface area contributed by atoms with E-state index in [1.165, 1.54) is 0 Å². The lowest BCUT2D eigenvalue weighted by atomic mass is 10.0. The van der Waals surface area contributed by atoms with Crippen LogP contribution >= 0.6 is 0 Å². The van der Waals surface area contributed by atoms with Gasteiger partial charge in [0.25, 0.3) is 0 Å². The van der Waals surface area contributed by atoms with Crippen molar-refractivity contribution in [3.8, 4) is 0 Å². The number of hydrogen-bond acceptors (Lipinski definition) is 8. The maximum atomic E-state index is 9.08. The van der Waals surface area contributed by atoms with Crippen molar-refractivity contribution in [3.05, 3.63) is 0 Å². The van der Waals surface area contributed by atoms with Crippen molar-refractivity contribution >= 4 is 0 Å². The molecule has 124 valence electrons. The molecule has 0 amide bonds. The largest absolute Gasteiger partial charge is 0.412 e.